The largest absolute Gasteiger partial charge is 0.478 e. The number of sulfonamides is 1. The van der Waals surface area contributed by atoms with Crippen LogP contribution in [0.1, 0.15) is 75.7 Å². The number of benzene rings is 3. The van der Waals surface area contributed by atoms with E-state index in [1.54, 1.807) is 54.6 Å². The molecule has 1 heterocycles. The number of hydrogen-bond acceptors (Lipinski definition) is 6. The summed E-state index contributed by atoms with van der Waals surface area (Å²) in [5, 5.41) is 25.1. The molecule has 4 N–H and O–H groups in total. The molecule has 4 rings (SSSR count). The number of β-amino-alcohol motifs (C(OH)–C–C–N with tert-alkyl or cyclic N) is 1. The number of nitrogens with one attached hydrogen (secondary N) is 2. The molecular weight excluding hydrogens is 625 g/mol. The fourth-order valence-electron chi connectivity index (χ4n) is 6.09. The second-order valence-electron chi connectivity index (χ2n) is 14.2. The van der Waals surface area contributed by atoms with Gasteiger partial charge in [-0.25, -0.2) is 13.2 Å². The number of aliphatic hydroxyl groups excluding tert-OH is 1. The van der Waals surface area contributed by atoms with Crippen LogP contribution < -0.4 is 10.0 Å². The normalized spacial score (nSPS) is 13.1. The van der Waals surface area contributed by atoms with Gasteiger partial charge in [-0.2, -0.15) is 0 Å². The quantitative estimate of drug-likeness (QED) is 0.0915. The van der Waals surface area contributed by atoms with Gasteiger partial charge in [-0.05, 0) is 86.2 Å². The summed E-state index contributed by atoms with van der Waals surface area (Å²) in [5.74, 6) is 0.196. The van der Waals surface area contributed by atoms with Gasteiger partial charge in [0.15, 0.2) is 0 Å². The Labute approximate surface area is 286 Å². The van der Waals surface area contributed by atoms with E-state index >= 15 is 0 Å². The fourth-order valence-corrected chi connectivity index (χ4v) is 7.16. The predicted molar refractivity (Wildman–Crippen MR) is 194 cm³/mol. The lowest BCUT2D eigenvalue weighted by atomic mass is 9.99. The summed E-state index contributed by atoms with van der Waals surface area (Å²) in [6, 6.07) is 22.5. The van der Waals surface area contributed by atoms with Crippen molar-refractivity contribution >= 4 is 32.6 Å². The van der Waals surface area contributed by atoms with Gasteiger partial charge in [-0.15, -0.1) is 0 Å². The van der Waals surface area contributed by atoms with Gasteiger partial charge in [-0.1, -0.05) is 58.0 Å². The maximum Gasteiger partial charge on any atom is 0.335 e. The Bertz CT molecular complexity index is 1760. The minimum atomic E-state index is -3.75. The number of rotatable bonds is 18. The van der Waals surface area contributed by atoms with Crippen LogP contribution in [-0.2, 0) is 23.0 Å². The summed E-state index contributed by atoms with van der Waals surface area (Å²) in [5.41, 5.74) is 3.11. The third-order valence-electron chi connectivity index (χ3n) is 8.48. The zero-order valence-corrected chi connectivity index (χ0v) is 29.9. The number of carbonyl (C=O) groups is 1. The van der Waals surface area contributed by atoms with Crippen LogP contribution in [0.4, 0.5) is 5.69 Å². The first-order valence-corrected chi connectivity index (χ1v) is 18.3. The van der Waals surface area contributed by atoms with E-state index in [1.165, 1.54) is 17.8 Å². The Morgan fingerprint density at radius 3 is 2.25 bits per heavy atom. The highest BCUT2D eigenvalue weighted by molar-refractivity contribution is 7.92. The van der Waals surface area contributed by atoms with Crippen molar-refractivity contribution < 1.29 is 23.4 Å². The van der Waals surface area contributed by atoms with E-state index < -0.39 is 22.1 Å². The zero-order chi connectivity index (χ0) is 35.1. The molecule has 0 aliphatic rings. The lowest BCUT2D eigenvalue weighted by Crippen LogP contribution is -2.42. The van der Waals surface area contributed by atoms with E-state index in [0.29, 0.717) is 29.6 Å². The first kappa shape index (κ1) is 37.1. The molecule has 0 amide bonds. The Kier molecular flexibility index (Phi) is 12.5. The molecule has 48 heavy (non-hydrogen) atoms. The fraction of sp³-hybridized carbons (Fsp3) is 0.447. The molecule has 1 aromatic heterocycles. The lowest BCUT2D eigenvalue weighted by molar-refractivity contribution is 0.0697. The van der Waals surface area contributed by atoms with Gasteiger partial charge in [0.1, 0.15) is 0 Å². The first-order chi connectivity index (χ1) is 22.6. The van der Waals surface area contributed by atoms with Crippen LogP contribution in [0.5, 0.6) is 0 Å². The molecule has 0 fully saturated rings. The minimum Gasteiger partial charge on any atom is -0.478 e. The van der Waals surface area contributed by atoms with Crippen molar-refractivity contribution in [2.24, 2.45) is 11.8 Å². The SMILES string of the molecule is CC(C)CN(CCc1cc2cc(C(=O)O)ccc2n1CCC(C)(C)NC[C@H](O)c1cccc(NS(=O)(=O)c2ccccc2)c1)CC(C)C. The number of fused-ring (bicyclic) bond motifs is 1. The number of hydrogen-bond donors (Lipinski definition) is 4. The number of carboxylic acid groups (broad SMARTS) is 1. The second-order valence-corrected chi connectivity index (χ2v) is 15.9. The van der Waals surface area contributed by atoms with E-state index in [2.05, 4.69) is 67.1 Å². The van der Waals surface area contributed by atoms with Crippen LogP contribution in [0.25, 0.3) is 10.9 Å². The van der Waals surface area contributed by atoms with Gasteiger partial charge in [0.2, 0.25) is 0 Å². The highest BCUT2D eigenvalue weighted by Gasteiger charge is 2.22. The second kappa shape index (κ2) is 16.1. The maximum absolute atomic E-state index is 12.8. The molecule has 0 saturated carbocycles. The topological polar surface area (TPSA) is 124 Å². The number of aromatic nitrogens is 1. The number of carboxylic acids is 1. The van der Waals surface area contributed by atoms with Crippen LogP contribution in [0.2, 0.25) is 0 Å². The van der Waals surface area contributed by atoms with Gasteiger partial charge >= 0.3 is 5.97 Å². The smallest absolute Gasteiger partial charge is 0.335 e. The summed E-state index contributed by atoms with van der Waals surface area (Å²) in [4.78, 5) is 14.4. The Morgan fingerprint density at radius 2 is 1.60 bits per heavy atom. The number of nitrogens with zero attached hydrogens (tertiary/aromatic N) is 2. The molecule has 0 aliphatic carbocycles. The van der Waals surface area contributed by atoms with E-state index in [-0.39, 0.29) is 22.5 Å². The van der Waals surface area contributed by atoms with Crippen LogP contribution in [-0.4, -0.2) is 65.8 Å². The summed E-state index contributed by atoms with van der Waals surface area (Å²) in [7, 11) is -3.75. The Morgan fingerprint density at radius 1 is 0.917 bits per heavy atom. The van der Waals surface area contributed by atoms with Crippen molar-refractivity contribution in [2.75, 3.05) is 30.9 Å². The van der Waals surface area contributed by atoms with E-state index in [4.69, 9.17) is 0 Å². The molecule has 0 unspecified atom stereocenters. The third-order valence-corrected chi connectivity index (χ3v) is 9.87. The lowest BCUT2D eigenvalue weighted by Gasteiger charge is -2.29. The van der Waals surface area contributed by atoms with Gasteiger partial charge in [0.05, 0.1) is 16.6 Å². The number of aryl methyl sites for hydroxylation is 1. The minimum absolute atomic E-state index is 0.170. The summed E-state index contributed by atoms with van der Waals surface area (Å²) >= 11 is 0. The molecule has 1 atom stereocenters. The first-order valence-electron chi connectivity index (χ1n) is 16.8. The average Bonchev–Trinajstić information content (AvgIpc) is 3.38. The van der Waals surface area contributed by atoms with Crippen molar-refractivity contribution in [1.29, 1.82) is 0 Å². The van der Waals surface area contributed by atoms with Gasteiger partial charge < -0.3 is 25.0 Å². The molecule has 260 valence electrons. The molecule has 4 aromatic rings. The van der Waals surface area contributed by atoms with Crippen LogP contribution in [0, 0.1) is 11.8 Å². The standard InChI is InChI=1S/C38H52N4O5S/c1-27(2)25-41(26-28(3)4)19-17-33-23-31-21-30(37(44)45)15-16-35(31)42(33)20-18-38(5,6)39-24-36(43)29-11-10-12-32(22-29)40-48(46,47)34-13-8-7-9-14-34/h7-16,21-23,27-28,36,39-40,43H,17-20,24-26H2,1-6H3,(H,44,45)/t36-/m0/s1. The number of aliphatic hydroxyl groups is 1. The van der Waals surface area contributed by atoms with Crippen molar-refractivity contribution in [3.8, 4) is 0 Å². The van der Waals surface area contributed by atoms with Crippen LogP contribution in [0.15, 0.2) is 83.8 Å². The summed E-state index contributed by atoms with van der Waals surface area (Å²) < 4.78 is 30.5. The molecule has 0 aliphatic heterocycles. The number of aromatic carboxylic acids is 1. The van der Waals surface area contributed by atoms with Crippen molar-refractivity contribution in [2.45, 2.75) is 77.5 Å². The van der Waals surface area contributed by atoms with Crippen LogP contribution in [0.3, 0.4) is 0 Å². The predicted octanol–water partition coefficient (Wildman–Crippen LogP) is 6.79. The Hall–Kier alpha value is -3.70. The zero-order valence-electron chi connectivity index (χ0n) is 29.1. The molecule has 0 spiro atoms. The van der Waals surface area contributed by atoms with Crippen molar-refractivity contribution in [1.82, 2.24) is 14.8 Å². The molecule has 0 bridgehead atoms. The van der Waals surface area contributed by atoms with Crippen molar-refractivity contribution in [3.63, 3.8) is 0 Å². The molecular formula is C38H52N4O5S. The monoisotopic (exact) mass is 676 g/mol. The maximum atomic E-state index is 12.8. The van der Waals surface area contributed by atoms with Gasteiger partial charge in [-0.3, -0.25) is 4.72 Å². The van der Waals surface area contributed by atoms with Crippen LogP contribution >= 0.6 is 0 Å². The molecule has 10 heteroatoms. The summed E-state index contributed by atoms with van der Waals surface area (Å²) in [6.07, 6.45) is 0.763. The van der Waals surface area contributed by atoms with E-state index in [0.717, 1.165) is 43.4 Å². The highest BCUT2D eigenvalue weighted by Crippen LogP contribution is 2.26. The number of anilines is 1. The van der Waals surface area contributed by atoms with E-state index in [1.807, 2.05) is 6.07 Å². The molecule has 9 nitrogen and oxygen atoms in total. The van der Waals surface area contributed by atoms with Gasteiger partial charge in [0.25, 0.3) is 10.0 Å². The summed E-state index contributed by atoms with van der Waals surface area (Å²) in [6.45, 7) is 17.2. The van der Waals surface area contributed by atoms with Crippen molar-refractivity contribution in [3.05, 3.63) is 95.7 Å². The highest BCUT2D eigenvalue weighted by atomic mass is 32.2. The molecule has 3 aromatic carbocycles. The molecule has 0 saturated heterocycles. The molecule has 0 radical (unpaired) electrons. The Balaban J connectivity index is 1.45. The van der Waals surface area contributed by atoms with E-state index in [9.17, 15) is 23.4 Å². The third kappa shape index (κ3) is 10.4. The average molecular weight is 677 g/mol. The van der Waals surface area contributed by atoms with Gasteiger partial charge in [0, 0.05) is 67.0 Å².